The van der Waals surface area contributed by atoms with Gasteiger partial charge in [-0.15, -0.1) is 0 Å². The van der Waals surface area contributed by atoms with Gasteiger partial charge in [0.25, 0.3) is 0 Å². The summed E-state index contributed by atoms with van der Waals surface area (Å²) < 4.78 is 43.2. The monoisotopic (exact) mass is 548 g/mol. The fraction of sp³-hybridized carbons (Fsp3) is 0.433. The second-order valence-corrected chi connectivity index (χ2v) is 11.1. The zero-order valence-electron chi connectivity index (χ0n) is 22.5. The molecule has 8 nitrogen and oxygen atoms in total. The van der Waals surface area contributed by atoms with Gasteiger partial charge >= 0.3 is 0 Å². The summed E-state index contributed by atoms with van der Waals surface area (Å²) >= 11 is 0. The molecule has 10 heteroatoms. The second-order valence-electron chi connectivity index (χ2n) is 11.1. The number of nitrogens with two attached hydrogens (primary N) is 1. The van der Waals surface area contributed by atoms with E-state index in [1.807, 2.05) is 6.07 Å². The van der Waals surface area contributed by atoms with Crippen molar-refractivity contribution in [3.8, 4) is 11.3 Å². The maximum atomic E-state index is 15.2. The summed E-state index contributed by atoms with van der Waals surface area (Å²) in [6.07, 6.45) is 9.80. The van der Waals surface area contributed by atoms with E-state index in [0.717, 1.165) is 43.4 Å². The zero-order chi connectivity index (χ0) is 27.6. The van der Waals surface area contributed by atoms with Crippen LogP contribution in [0.4, 0.5) is 20.4 Å². The topological polar surface area (TPSA) is 99.6 Å². The molecule has 2 fully saturated rings. The van der Waals surface area contributed by atoms with Gasteiger partial charge in [-0.2, -0.15) is 9.61 Å². The molecule has 1 saturated carbocycles. The number of rotatable bonds is 7. The first-order valence-electron chi connectivity index (χ1n) is 13.9. The van der Waals surface area contributed by atoms with Crippen LogP contribution in [0.25, 0.3) is 16.8 Å². The lowest BCUT2D eigenvalue weighted by Crippen LogP contribution is -2.31. The highest BCUT2D eigenvalue weighted by Gasteiger charge is 2.27. The Labute approximate surface area is 231 Å². The van der Waals surface area contributed by atoms with Gasteiger partial charge < -0.3 is 20.5 Å². The number of aromatic nitrogens is 4. The largest absolute Gasteiger partial charge is 0.381 e. The summed E-state index contributed by atoms with van der Waals surface area (Å²) in [5.41, 5.74) is 9.38. The lowest BCUT2D eigenvalue weighted by molar-refractivity contribution is -0.0391. The van der Waals surface area contributed by atoms with Crippen molar-refractivity contribution in [2.24, 2.45) is 11.7 Å². The summed E-state index contributed by atoms with van der Waals surface area (Å²) in [7, 11) is 0. The van der Waals surface area contributed by atoms with E-state index in [1.165, 1.54) is 12.1 Å². The molecule has 0 bridgehead atoms. The van der Waals surface area contributed by atoms with E-state index in [-0.39, 0.29) is 30.0 Å². The molecule has 210 valence electrons. The zero-order valence-corrected chi connectivity index (χ0v) is 22.5. The van der Waals surface area contributed by atoms with E-state index < -0.39 is 11.6 Å². The Morgan fingerprint density at radius 3 is 2.65 bits per heavy atom. The lowest BCUT2D eigenvalue weighted by atomic mass is 9.76. The van der Waals surface area contributed by atoms with Gasteiger partial charge in [0.05, 0.1) is 47.6 Å². The molecule has 3 N–H and O–H groups in total. The Hall–Kier alpha value is -3.47. The predicted molar refractivity (Wildman–Crippen MR) is 148 cm³/mol. The minimum Gasteiger partial charge on any atom is -0.381 e. The van der Waals surface area contributed by atoms with Crippen molar-refractivity contribution in [2.45, 2.75) is 63.7 Å². The third kappa shape index (κ3) is 5.70. The van der Waals surface area contributed by atoms with Crippen molar-refractivity contribution in [2.75, 3.05) is 18.5 Å². The highest BCUT2D eigenvalue weighted by Crippen LogP contribution is 2.39. The molecule has 40 heavy (non-hydrogen) atoms. The minimum absolute atomic E-state index is 0.0364. The molecule has 3 atom stereocenters. The number of hydrogen-bond acceptors (Lipinski definition) is 7. The van der Waals surface area contributed by atoms with Crippen molar-refractivity contribution in [3.63, 3.8) is 0 Å². The molecule has 0 spiro atoms. The summed E-state index contributed by atoms with van der Waals surface area (Å²) in [5.74, 6) is -0.109. The Kier molecular flexibility index (Phi) is 7.73. The number of hydrogen-bond donors (Lipinski definition) is 2. The van der Waals surface area contributed by atoms with E-state index in [2.05, 4.69) is 27.3 Å². The van der Waals surface area contributed by atoms with Crippen LogP contribution in [0.15, 0.2) is 48.9 Å². The Morgan fingerprint density at radius 1 is 1.07 bits per heavy atom. The average molecular weight is 549 g/mol. The Balaban J connectivity index is 1.26. The number of fused-ring (bicyclic) bond motifs is 1. The Bertz CT molecular complexity index is 1460. The van der Waals surface area contributed by atoms with Crippen molar-refractivity contribution in [1.82, 2.24) is 19.6 Å². The molecule has 1 aromatic carbocycles. The number of halogens is 2. The first-order valence-corrected chi connectivity index (χ1v) is 13.9. The van der Waals surface area contributed by atoms with Gasteiger partial charge in [0.15, 0.2) is 0 Å². The normalized spacial score (nSPS) is 22.1. The maximum Gasteiger partial charge on any atom is 0.229 e. The first kappa shape index (κ1) is 26.7. The van der Waals surface area contributed by atoms with Crippen LogP contribution in [-0.4, -0.2) is 44.9 Å². The van der Waals surface area contributed by atoms with Crippen molar-refractivity contribution >= 4 is 17.2 Å². The summed E-state index contributed by atoms with van der Waals surface area (Å²) in [6, 6.07) is 8.15. The van der Waals surface area contributed by atoms with Crippen LogP contribution in [0.3, 0.4) is 0 Å². The Morgan fingerprint density at radius 2 is 1.88 bits per heavy atom. The van der Waals surface area contributed by atoms with Crippen LogP contribution in [0.1, 0.15) is 56.1 Å². The van der Waals surface area contributed by atoms with Crippen LogP contribution >= 0.6 is 0 Å². The molecule has 2 aliphatic rings. The summed E-state index contributed by atoms with van der Waals surface area (Å²) in [5, 5.41) is 7.93. The van der Waals surface area contributed by atoms with Crippen molar-refractivity contribution in [3.05, 3.63) is 71.7 Å². The number of nitrogens with one attached hydrogen (secondary N) is 1. The van der Waals surface area contributed by atoms with Gasteiger partial charge in [-0.25, -0.2) is 13.8 Å². The smallest absolute Gasteiger partial charge is 0.229 e. The molecular weight excluding hydrogens is 514 g/mol. The predicted octanol–water partition coefficient (Wildman–Crippen LogP) is 5.74. The molecule has 1 aliphatic carbocycles. The first-order chi connectivity index (χ1) is 19.4. The van der Waals surface area contributed by atoms with E-state index in [9.17, 15) is 0 Å². The van der Waals surface area contributed by atoms with E-state index >= 15 is 8.78 Å². The molecule has 6 rings (SSSR count). The highest BCUT2D eigenvalue weighted by molar-refractivity contribution is 5.66. The van der Waals surface area contributed by atoms with Crippen molar-refractivity contribution in [1.29, 1.82) is 0 Å². The lowest BCUT2D eigenvalue weighted by Gasteiger charge is -2.32. The van der Waals surface area contributed by atoms with Gasteiger partial charge in [0.1, 0.15) is 11.6 Å². The molecule has 1 saturated heterocycles. The molecule has 0 radical (unpaired) electrons. The number of benzene rings is 1. The van der Waals surface area contributed by atoms with Crippen molar-refractivity contribution < 1.29 is 18.3 Å². The van der Waals surface area contributed by atoms with Gasteiger partial charge in [0, 0.05) is 25.5 Å². The molecule has 4 heterocycles. The molecular formula is C30H34F2N6O2. The number of anilines is 2. The standard InChI is InChI=1S/C30H34F2N6O2/c1-18-10-20(14-21(33)11-18)24-4-7-34-16-28(24)36-30-35-15-22-2-3-27(37-38(22)30)29-25(31)12-19(13-26(29)32)17-40-23-5-8-39-9-6-23/h2-4,7,12-13,15-16,18,20-21,23H,5-6,8-11,14,17,33H2,1H3,(H,35,36). The molecule has 3 unspecified atom stereocenters. The van der Waals surface area contributed by atoms with Crippen LogP contribution in [0.2, 0.25) is 0 Å². The van der Waals surface area contributed by atoms with Crippen LogP contribution in [0.5, 0.6) is 0 Å². The van der Waals surface area contributed by atoms with Crippen LogP contribution in [0, 0.1) is 17.6 Å². The fourth-order valence-electron chi connectivity index (χ4n) is 6.01. The molecule has 4 aromatic rings. The summed E-state index contributed by atoms with van der Waals surface area (Å²) in [4.78, 5) is 8.81. The van der Waals surface area contributed by atoms with Gasteiger partial charge in [-0.1, -0.05) is 6.92 Å². The quantitative estimate of drug-likeness (QED) is 0.304. The van der Waals surface area contributed by atoms with E-state index in [0.29, 0.717) is 42.1 Å². The van der Waals surface area contributed by atoms with E-state index in [4.69, 9.17) is 15.2 Å². The summed E-state index contributed by atoms with van der Waals surface area (Å²) in [6.45, 7) is 3.65. The SMILES string of the molecule is CC1CC(N)CC(c2ccncc2Nc2ncc3ccc(-c4c(F)cc(COC5CCOCC5)cc4F)nn23)C1. The van der Waals surface area contributed by atoms with Crippen LogP contribution < -0.4 is 11.1 Å². The fourth-order valence-corrected chi connectivity index (χ4v) is 6.01. The average Bonchev–Trinajstić information content (AvgIpc) is 3.34. The number of nitrogens with zero attached hydrogens (tertiary/aromatic N) is 4. The molecule has 3 aromatic heterocycles. The van der Waals surface area contributed by atoms with Gasteiger partial charge in [-0.05, 0) is 85.4 Å². The minimum atomic E-state index is -0.690. The number of imidazole rings is 1. The number of ether oxygens (including phenoxy) is 2. The van der Waals surface area contributed by atoms with Crippen LogP contribution in [-0.2, 0) is 16.1 Å². The second kappa shape index (κ2) is 11.6. The van der Waals surface area contributed by atoms with E-state index in [1.54, 1.807) is 35.2 Å². The van der Waals surface area contributed by atoms with Gasteiger partial charge in [-0.3, -0.25) is 4.98 Å². The number of pyridine rings is 1. The third-order valence-electron chi connectivity index (χ3n) is 7.92. The maximum absolute atomic E-state index is 15.2. The molecule has 1 aliphatic heterocycles. The third-order valence-corrected chi connectivity index (χ3v) is 7.92. The highest BCUT2D eigenvalue weighted by atomic mass is 19.1. The molecule has 0 amide bonds. The van der Waals surface area contributed by atoms with Gasteiger partial charge in [0.2, 0.25) is 5.95 Å².